The topological polar surface area (TPSA) is 51.1 Å². The van der Waals surface area contributed by atoms with Crippen LogP contribution in [-0.4, -0.2) is 52.1 Å². The van der Waals surface area contributed by atoms with E-state index in [2.05, 4.69) is 0 Å². The molecule has 2 aromatic rings. The number of piperazine rings is 1. The molecule has 0 spiro atoms. The summed E-state index contributed by atoms with van der Waals surface area (Å²) in [7, 11) is -3.77. The number of nitrogens with zero attached hydrogens (tertiary/aromatic N) is 1. The lowest BCUT2D eigenvalue weighted by atomic mass is 10.2. The number of quaternary nitrogens is 1. The molecule has 1 aliphatic heterocycles. The second-order valence-electron chi connectivity index (χ2n) is 6.45. The second-order valence-corrected chi connectivity index (χ2v) is 8.35. The summed E-state index contributed by atoms with van der Waals surface area (Å²) in [6, 6.07) is 13.4. The molecule has 0 bridgehead atoms. The van der Waals surface area contributed by atoms with Gasteiger partial charge in [-0.2, -0.15) is 4.31 Å². The van der Waals surface area contributed by atoms with Crippen molar-refractivity contribution < 1.29 is 22.4 Å². The Balaban J connectivity index is 1.51. The molecule has 7 heteroatoms. The summed E-state index contributed by atoms with van der Waals surface area (Å²) in [4.78, 5) is 1.05. The summed E-state index contributed by atoms with van der Waals surface area (Å²) < 4.78 is 46.2. The molecule has 0 aliphatic carbocycles. The van der Waals surface area contributed by atoms with Crippen LogP contribution in [0, 0.1) is 12.7 Å². The standard InChI is InChI=1S/C19H23FN2O3S/c1-16-6-2-4-8-18(16)25-15-14-21-10-12-22(13-11-21)26(23,24)19-9-5-3-7-17(19)20/h2-9H,10-15H2,1H3/p+1. The lowest BCUT2D eigenvalue weighted by Gasteiger charge is -2.31. The van der Waals surface area contributed by atoms with Crippen LogP contribution < -0.4 is 9.64 Å². The van der Waals surface area contributed by atoms with Crippen molar-refractivity contribution in [2.75, 3.05) is 39.3 Å². The Labute approximate surface area is 154 Å². The smallest absolute Gasteiger partial charge is 0.246 e. The van der Waals surface area contributed by atoms with Gasteiger partial charge in [-0.1, -0.05) is 30.3 Å². The Bertz CT molecular complexity index is 849. The minimum Gasteiger partial charge on any atom is -0.487 e. The van der Waals surface area contributed by atoms with Gasteiger partial charge in [0, 0.05) is 0 Å². The molecular weight excluding hydrogens is 355 g/mol. The lowest BCUT2D eigenvalue weighted by Crippen LogP contribution is -3.15. The zero-order valence-corrected chi connectivity index (χ0v) is 15.6. The molecule has 0 atom stereocenters. The number of sulfonamides is 1. The molecule has 3 rings (SSSR count). The van der Waals surface area contributed by atoms with Gasteiger partial charge in [-0.3, -0.25) is 0 Å². The van der Waals surface area contributed by atoms with Gasteiger partial charge in [0.2, 0.25) is 10.0 Å². The number of benzene rings is 2. The van der Waals surface area contributed by atoms with E-state index < -0.39 is 15.8 Å². The minimum atomic E-state index is -3.77. The van der Waals surface area contributed by atoms with Gasteiger partial charge in [-0.05, 0) is 30.7 Å². The van der Waals surface area contributed by atoms with Gasteiger partial charge in [0.1, 0.15) is 29.6 Å². The number of ether oxygens (including phenoxy) is 1. The zero-order chi connectivity index (χ0) is 18.6. The minimum absolute atomic E-state index is 0.244. The summed E-state index contributed by atoms with van der Waals surface area (Å²) in [6.45, 7) is 5.54. The molecule has 0 amide bonds. The normalized spacial score (nSPS) is 16.5. The monoisotopic (exact) mass is 379 g/mol. The fourth-order valence-electron chi connectivity index (χ4n) is 3.11. The molecule has 0 unspecified atom stereocenters. The Kier molecular flexibility index (Phi) is 5.90. The maximum absolute atomic E-state index is 13.8. The summed E-state index contributed by atoms with van der Waals surface area (Å²) in [5, 5.41) is 0. The predicted molar refractivity (Wildman–Crippen MR) is 97.4 cm³/mol. The van der Waals surface area contributed by atoms with Crippen molar-refractivity contribution in [3.05, 3.63) is 59.9 Å². The van der Waals surface area contributed by atoms with E-state index in [4.69, 9.17) is 4.74 Å². The van der Waals surface area contributed by atoms with Gasteiger partial charge < -0.3 is 9.64 Å². The molecule has 0 aromatic heterocycles. The Hall–Kier alpha value is -1.96. The van der Waals surface area contributed by atoms with E-state index in [0.29, 0.717) is 32.8 Å². The molecule has 1 N–H and O–H groups in total. The average molecular weight is 379 g/mol. The molecule has 1 heterocycles. The van der Waals surface area contributed by atoms with Crippen LogP contribution in [0.1, 0.15) is 5.56 Å². The van der Waals surface area contributed by atoms with Crippen LogP contribution in [0.4, 0.5) is 4.39 Å². The number of aryl methyl sites for hydroxylation is 1. The average Bonchev–Trinajstić information content (AvgIpc) is 2.64. The zero-order valence-electron chi connectivity index (χ0n) is 14.8. The summed E-state index contributed by atoms with van der Waals surface area (Å²) >= 11 is 0. The first kappa shape index (κ1) is 18.8. The second kappa shape index (κ2) is 8.16. The maximum atomic E-state index is 13.8. The first-order chi connectivity index (χ1) is 12.5. The molecule has 2 aromatic carbocycles. The summed E-state index contributed by atoms with van der Waals surface area (Å²) in [5.74, 6) is 0.182. The molecule has 0 radical (unpaired) electrons. The Morgan fingerprint density at radius 3 is 2.42 bits per heavy atom. The third-order valence-corrected chi connectivity index (χ3v) is 6.62. The largest absolute Gasteiger partial charge is 0.487 e. The quantitative estimate of drug-likeness (QED) is 0.818. The van der Waals surface area contributed by atoms with Gasteiger partial charge in [0.25, 0.3) is 0 Å². The van der Waals surface area contributed by atoms with Gasteiger partial charge in [-0.25, -0.2) is 12.8 Å². The highest BCUT2D eigenvalue weighted by molar-refractivity contribution is 7.89. The Morgan fingerprint density at radius 2 is 1.73 bits per heavy atom. The van der Waals surface area contributed by atoms with Gasteiger partial charge in [0.05, 0.1) is 26.2 Å². The first-order valence-electron chi connectivity index (χ1n) is 8.75. The number of hydrogen-bond donors (Lipinski definition) is 1. The lowest BCUT2D eigenvalue weighted by molar-refractivity contribution is -0.903. The summed E-state index contributed by atoms with van der Waals surface area (Å²) in [6.07, 6.45) is 0. The molecule has 1 fully saturated rings. The number of nitrogens with one attached hydrogen (secondary N) is 1. The van der Waals surface area contributed by atoms with Crippen molar-refractivity contribution in [1.82, 2.24) is 4.31 Å². The molecule has 26 heavy (non-hydrogen) atoms. The maximum Gasteiger partial charge on any atom is 0.246 e. The number of rotatable bonds is 6. The van der Waals surface area contributed by atoms with Gasteiger partial charge in [0.15, 0.2) is 0 Å². The SMILES string of the molecule is Cc1ccccc1OCC[NH+]1CCN(S(=O)(=O)c2ccccc2F)CC1. The van der Waals surface area contributed by atoms with Crippen molar-refractivity contribution >= 4 is 10.0 Å². The number of halogens is 1. The fourth-order valence-corrected chi connectivity index (χ4v) is 4.62. The van der Waals surface area contributed by atoms with Gasteiger partial charge >= 0.3 is 0 Å². The highest BCUT2D eigenvalue weighted by Crippen LogP contribution is 2.19. The van der Waals surface area contributed by atoms with Crippen molar-refractivity contribution in [2.24, 2.45) is 0 Å². The van der Waals surface area contributed by atoms with E-state index in [1.54, 1.807) is 6.07 Å². The number of para-hydroxylation sites is 1. The van der Waals surface area contributed by atoms with Crippen LogP contribution >= 0.6 is 0 Å². The molecule has 0 saturated carbocycles. The number of hydrogen-bond acceptors (Lipinski definition) is 3. The van der Waals surface area contributed by atoms with E-state index in [-0.39, 0.29) is 4.90 Å². The summed E-state index contributed by atoms with van der Waals surface area (Å²) in [5.41, 5.74) is 1.10. The van der Waals surface area contributed by atoms with Crippen LogP contribution in [0.5, 0.6) is 5.75 Å². The van der Waals surface area contributed by atoms with Crippen LogP contribution in [0.2, 0.25) is 0 Å². The van der Waals surface area contributed by atoms with Crippen LogP contribution in [0.25, 0.3) is 0 Å². The molecular formula is C19H24FN2O3S+. The van der Waals surface area contributed by atoms with E-state index in [1.807, 2.05) is 31.2 Å². The third kappa shape index (κ3) is 4.23. The van der Waals surface area contributed by atoms with E-state index in [1.165, 1.54) is 27.4 Å². The molecule has 1 saturated heterocycles. The van der Waals surface area contributed by atoms with Crippen molar-refractivity contribution in [3.8, 4) is 5.75 Å². The fraction of sp³-hybridized carbons (Fsp3) is 0.368. The van der Waals surface area contributed by atoms with Crippen molar-refractivity contribution in [1.29, 1.82) is 0 Å². The predicted octanol–water partition coefficient (Wildman–Crippen LogP) is 1.10. The van der Waals surface area contributed by atoms with Crippen LogP contribution in [0.3, 0.4) is 0 Å². The molecule has 5 nitrogen and oxygen atoms in total. The van der Waals surface area contributed by atoms with Crippen molar-refractivity contribution in [3.63, 3.8) is 0 Å². The van der Waals surface area contributed by atoms with Gasteiger partial charge in [-0.15, -0.1) is 0 Å². The highest BCUT2D eigenvalue weighted by atomic mass is 32.2. The third-order valence-electron chi connectivity index (χ3n) is 4.69. The van der Waals surface area contributed by atoms with E-state index in [9.17, 15) is 12.8 Å². The highest BCUT2D eigenvalue weighted by Gasteiger charge is 2.31. The van der Waals surface area contributed by atoms with Crippen LogP contribution in [-0.2, 0) is 10.0 Å². The van der Waals surface area contributed by atoms with E-state index >= 15 is 0 Å². The van der Waals surface area contributed by atoms with E-state index in [0.717, 1.165) is 17.9 Å². The van der Waals surface area contributed by atoms with Crippen LogP contribution in [0.15, 0.2) is 53.4 Å². The Morgan fingerprint density at radius 1 is 1.08 bits per heavy atom. The van der Waals surface area contributed by atoms with Crippen molar-refractivity contribution in [2.45, 2.75) is 11.8 Å². The first-order valence-corrected chi connectivity index (χ1v) is 10.2. The molecule has 1 aliphatic rings. The molecule has 140 valence electrons.